The van der Waals surface area contributed by atoms with Gasteiger partial charge in [0.1, 0.15) is 11.2 Å². The molecule has 4 heterocycles. The number of fused-ring (bicyclic) bond motifs is 10. The van der Waals surface area contributed by atoms with Crippen LogP contribution in [-0.4, -0.2) is 11.3 Å². The molecular formula is C106H106BN3O. The molecule has 17 rings (SSSR count). The molecule has 0 bridgehead atoms. The molecule has 2 aromatic heterocycles. The zero-order chi connectivity index (χ0) is 78.1. The Bertz CT molecular complexity index is 6180. The van der Waals surface area contributed by atoms with Crippen LogP contribution in [0.3, 0.4) is 0 Å². The van der Waals surface area contributed by atoms with E-state index in [1.807, 2.05) is 0 Å². The van der Waals surface area contributed by atoms with Gasteiger partial charge >= 0.3 is 0 Å². The van der Waals surface area contributed by atoms with E-state index in [1.54, 1.807) is 0 Å². The topological polar surface area (TPSA) is 24.6 Å². The number of rotatable bonds is 8. The minimum absolute atomic E-state index is 0.0567. The molecule has 4 nitrogen and oxygen atoms in total. The highest BCUT2D eigenvalue weighted by Crippen LogP contribution is 2.54. The second-order valence-corrected chi connectivity index (χ2v) is 39.2. The smallest absolute Gasteiger partial charge is 0.252 e. The summed E-state index contributed by atoms with van der Waals surface area (Å²) in [5.74, 6) is 0. The van der Waals surface area contributed by atoms with Gasteiger partial charge in [0, 0.05) is 61.1 Å². The monoisotopic (exact) mass is 1450 g/mol. The number of hydrogen-bond acceptors (Lipinski definition) is 3. The summed E-state index contributed by atoms with van der Waals surface area (Å²) in [5.41, 5.74) is 35.7. The van der Waals surface area contributed by atoms with Crippen molar-refractivity contribution in [1.29, 1.82) is 0 Å². The number of anilines is 6. The molecule has 0 N–H and O–H groups in total. The van der Waals surface area contributed by atoms with Gasteiger partial charge in [0.25, 0.3) is 6.71 Å². The maximum Gasteiger partial charge on any atom is 0.252 e. The fourth-order valence-corrected chi connectivity index (χ4v) is 17.3. The van der Waals surface area contributed by atoms with Crippen LogP contribution in [0.15, 0.2) is 265 Å². The maximum absolute atomic E-state index is 6.55. The fraction of sp³-hybridized carbons (Fsp3) is 0.264. The first-order chi connectivity index (χ1) is 52.4. The van der Waals surface area contributed by atoms with Crippen molar-refractivity contribution in [3.05, 3.63) is 300 Å². The first-order valence-corrected chi connectivity index (χ1v) is 40.2. The van der Waals surface area contributed by atoms with Crippen molar-refractivity contribution in [2.45, 2.75) is 183 Å². The molecule has 0 atom stereocenters. The van der Waals surface area contributed by atoms with E-state index >= 15 is 0 Å². The second kappa shape index (κ2) is 25.9. The minimum Gasteiger partial charge on any atom is -0.456 e. The van der Waals surface area contributed by atoms with E-state index in [2.05, 4.69) is 421 Å². The van der Waals surface area contributed by atoms with Crippen LogP contribution in [0.5, 0.6) is 0 Å². The Morgan fingerprint density at radius 2 is 0.622 bits per heavy atom. The molecule has 0 fully saturated rings. The summed E-state index contributed by atoms with van der Waals surface area (Å²) in [5, 5.41) is 4.76. The average Bonchev–Trinajstić information content (AvgIpc) is 1.02. The Kier molecular flexibility index (Phi) is 17.0. The van der Waals surface area contributed by atoms with Crippen molar-refractivity contribution in [3.8, 4) is 61.3 Å². The Labute approximate surface area is 659 Å². The summed E-state index contributed by atoms with van der Waals surface area (Å²) in [6.45, 7) is 49.4. The molecule has 15 aromatic rings. The van der Waals surface area contributed by atoms with E-state index in [0.717, 1.165) is 61.5 Å². The molecule has 0 aliphatic carbocycles. The summed E-state index contributed by atoms with van der Waals surface area (Å²) in [6, 6.07) is 102. The normalized spacial score (nSPS) is 13.6. The first-order valence-electron chi connectivity index (χ1n) is 40.2. The molecule has 2 aliphatic rings. The number of aromatic nitrogens is 1. The van der Waals surface area contributed by atoms with Gasteiger partial charge in [-0.05, 0) is 247 Å². The van der Waals surface area contributed by atoms with Crippen molar-refractivity contribution < 1.29 is 4.42 Å². The minimum atomic E-state index is -0.318. The Balaban J connectivity index is 1.02. The van der Waals surface area contributed by atoms with E-state index in [9.17, 15) is 0 Å². The Hall–Kier alpha value is -10.9. The Morgan fingerprint density at radius 1 is 0.234 bits per heavy atom. The van der Waals surface area contributed by atoms with Crippen LogP contribution >= 0.6 is 0 Å². The lowest BCUT2D eigenvalue weighted by molar-refractivity contribution is 0.589. The molecule has 0 unspecified atom stereocenters. The number of benzene rings is 13. The lowest BCUT2D eigenvalue weighted by Crippen LogP contribution is -2.61. The number of hydrogen-bond donors (Lipinski definition) is 0. The molecule has 111 heavy (non-hydrogen) atoms. The van der Waals surface area contributed by atoms with Crippen LogP contribution in [0.25, 0.3) is 105 Å². The second-order valence-electron chi connectivity index (χ2n) is 39.2. The van der Waals surface area contributed by atoms with E-state index in [0.29, 0.717) is 0 Å². The zero-order valence-corrected chi connectivity index (χ0v) is 69.2. The van der Waals surface area contributed by atoms with Gasteiger partial charge in [0.15, 0.2) is 0 Å². The van der Waals surface area contributed by atoms with Gasteiger partial charge in [-0.1, -0.05) is 297 Å². The summed E-state index contributed by atoms with van der Waals surface area (Å²) >= 11 is 0. The standard InChI is InChI=1S/C106H106BN3O/c1-100(2,3)73-38-45-89(82(58-73)71-50-69(65-30-24-22-25-31-65)52-77(54-71)104(13,14)15)109-93-57-68(67-37-49-98-86(56-67)81-34-28-29-35-97(81)111-98)36-43-87(93)107-88-44-42-80(108-91-47-40-75(102(7,8)9)60-84(91)85-61-76(103(10,11)12)41-48-92(85)108)64-94(88)110(96-63-79(106(19,20)21)62-95(109)99(96)107)90-46-39-74(101(4,5)6)59-83(90)72-51-70(66-32-26-23-27-33-66)53-78(55-72)105(16,17)18/h22-64H,1-21H3. The number of para-hydroxylation sites is 1. The first kappa shape index (κ1) is 73.0. The number of nitrogens with zero attached hydrogens (tertiary/aromatic N) is 3. The van der Waals surface area contributed by atoms with Gasteiger partial charge in [-0.25, -0.2) is 0 Å². The average molecular weight is 1450 g/mol. The van der Waals surface area contributed by atoms with Gasteiger partial charge in [-0.3, -0.25) is 0 Å². The van der Waals surface area contributed by atoms with Crippen LogP contribution in [-0.2, 0) is 37.9 Å². The molecule has 0 amide bonds. The SMILES string of the molecule is CC(C)(C)c1cc(-c2ccccc2)cc(-c2cc(C(C)(C)C)ccc2N2c3cc(-c4ccc5oc6ccccc6c5c4)ccc3B3c4ccc(-n5c6ccc(C(C)(C)C)cc6c6cc(C(C)(C)C)ccc65)cc4N(c4ccc(C(C)(C)C)cc4-c4cc(-c5ccccc5)cc(C(C)(C)C)c4)c4cc(C(C)(C)C)cc2c43)c1. The largest absolute Gasteiger partial charge is 0.456 e. The molecule has 554 valence electrons. The predicted molar refractivity (Wildman–Crippen MR) is 480 cm³/mol. The summed E-state index contributed by atoms with van der Waals surface area (Å²) in [4.78, 5) is 5.43. The van der Waals surface area contributed by atoms with Crippen molar-refractivity contribution in [2.75, 3.05) is 9.80 Å². The third kappa shape index (κ3) is 12.9. The lowest BCUT2D eigenvalue weighted by atomic mass is 9.33. The summed E-state index contributed by atoms with van der Waals surface area (Å²) in [7, 11) is 0. The van der Waals surface area contributed by atoms with Crippen LogP contribution < -0.4 is 26.2 Å². The van der Waals surface area contributed by atoms with Crippen LogP contribution in [0.4, 0.5) is 34.1 Å². The van der Waals surface area contributed by atoms with E-state index in [1.165, 1.54) is 133 Å². The molecule has 2 aliphatic heterocycles. The van der Waals surface area contributed by atoms with Gasteiger partial charge in [0.2, 0.25) is 0 Å². The third-order valence-corrected chi connectivity index (χ3v) is 24.0. The van der Waals surface area contributed by atoms with Gasteiger partial charge < -0.3 is 18.8 Å². The highest BCUT2D eigenvalue weighted by Gasteiger charge is 2.46. The Morgan fingerprint density at radius 3 is 1.10 bits per heavy atom. The lowest BCUT2D eigenvalue weighted by Gasteiger charge is -2.46. The van der Waals surface area contributed by atoms with E-state index in [4.69, 9.17) is 4.42 Å². The quantitative estimate of drug-likeness (QED) is 0.142. The molecule has 0 spiro atoms. The van der Waals surface area contributed by atoms with Crippen molar-refractivity contribution in [2.24, 2.45) is 0 Å². The molecular weight excluding hydrogens is 1340 g/mol. The van der Waals surface area contributed by atoms with Gasteiger partial charge in [0.05, 0.1) is 22.4 Å². The van der Waals surface area contributed by atoms with Crippen molar-refractivity contribution in [1.82, 2.24) is 4.57 Å². The predicted octanol–water partition coefficient (Wildman–Crippen LogP) is 28.2. The van der Waals surface area contributed by atoms with Crippen LogP contribution in [0, 0.1) is 0 Å². The highest BCUT2D eigenvalue weighted by atomic mass is 16.3. The summed E-state index contributed by atoms with van der Waals surface area (Å²) in [6.07, 6.45) is 0. The van der Waals surface area contributed by atoms with Crippen molar-refractivity contribution in [3.63, 3.8) is 0 Å². The molecule has 13 aromatic carbocycles. The van der Waals surface area contributed by atoms with Crippen LogP contribution in [0.1, 0.15) is 184 Å². The molecule has 0 radical (unpaired) electrons. The third-order valence-electron chi connectivity index (χ3n) is 24.0. The number of furan rings is 1. The zero-order valence-electron chi connectivity index (χ0n) is 69.2. The van der Waals surface area contributed by atoms with Crippen LogP contribution in [0.2, 0.25) is 0 Å². The fourth-order valence-electron chi connectivity index (χ4n) is 17.3. The van der Waals surface area contributed by atoms with E-state index in [-0.39, 0.29) is 44.6 Å². The molecule has 0 saturated carbocycles. The molecule has 0 saturated heterocycles. The van der Waals surface area contributed by atoms with Crippen molar-refractivity contribution >= 4 is 101 Å². The highest BCUT2D eigenvalue weighted by molar-refractivity contribution is 7.00. The maximum atomic E-state index is 6.55. The van der Waals surface area contributed by atoms with Gasteiger partial charge in [-0.15, -0.1) is 0 Å². The summed E-state index contributed by atoms with van der Waals surface area (Å²) < 4.78 is 9.12. The van der Waals surface area contributed by atoms with E-state index < -0.39 is 0 Å². The molecule has 5 heteroatoms. The van der Waals surface area contributed by atoms with Gasteiger partial charge in [-0.2, -0.15) is 0 Å².